The zero-order chi connectivity index (χ0) is 14.7. The van der Waals surface area contributed by atoms with Crippen LogP contribution in [0.5, 0.6) is 5.75 Å². The number of halogens is 1. The standard InChI is InChI=1S/C15H16BrNO2S/c1-9-4-7-14(20-9)10(2)17-15(18)12-8-11(19-3)5-6-13(12)16/h4-8,10H,1-3H3,(H,17,18). The van der Waals surface area contributed by atoms with Crippen molar-refractivity contribution < 1.29 is 9.53 Å². The van der Waals surface area contributed by atoms with E-state index in [4.69, 9.17) is 4.74 Å². The Morgan fingerprint density at radius 2 is 2.10 bits per heavy atom. The molecule has 1 unspecified atom stereocenters. The highest BCUT2D eigenvalue weighted by Gasteiger charge is 2.15. The minimum atomic E-state index is -0.116. The second-order valence-corrected chi connectivity index (χ2v) is 6.66. The smallest absolute Gasteiger partial charge is 0.253 e. The summed E-state index contributed by atoms with van der Waals surface area (Å²) >= 11 is 5.09. The number of ether oxygens (including phenoxy) is 1. The number of carbonyl (C=O) groups excluding carboxylic acids is 1. The van der Waals surface area contributed by atoms with Crippen LogP contribution in [0, 0.1) is 6.92 Å². The van der Waals surface area contributed by atoms with Crippen molar-refractivity contribution in [3.63, 3.8) is 0 Å². The summed E-state index contributed by atoms with van der Waals surface area (Å²) in [6.45, 7) is 4.04. The number of benzene rings is 1. The lowest BCUT2D eigenvalue weighted by Crippen LogP contribution is -2.26. The maximum atomic E-state index is 12.3. The number of aryl methyl sites for hydroxylation is 1. The molecule has 0 saturated heterocycles. The number of rotatable bonds is 4. The Balaban J connectivity index is 2.15. The first-order chi connectivity index (χ1) is 9.51. The number of thiophene rings is 1. The average molecular weight is 354 g/mol. The van der Waals surface area contributed by atoms with Crippen LogP contribution < -0.4 is 10.1 Å². The van der Waals surface area contributed by atoms with Crippen LogP contribution >= 0.6 is 27.3 Å². The third kappa shape index (κ3) is 3.41. The molecular weight excluding hydrogens is 338 g/mol. The highest BCUT2D eigenvalue weighted by Crippen LogP contribution is 2.25. The van der Waals surface area contributed by atoms with Gasteiger partial charge < -0.3 is 10.1 Å². The summed E-state index contributed by atoms with van der Waals surface area (Å²) in [5.74, 6) is 0.548. The summed E-state index contributed by atoms with van der Waals surface area (Å²) in [4.78, 5) is 14.7. The molecule has 106 valence electrons. The third-order valence-electron chi connectivity index (χ3n) is 2.95. The van der Waals surface area contributed by atoms with E-state index in [1.165, 1.54) is 4.88 Å². The molecule has 0 saturated carbocycles. The zero-order valence-corrected chi connectivity index (χ0v) is 14.0. The number of nitrogens with one attached hydrogen (secondary N) is 1. The quantitative estimate of drug-likeness (QED) is 0.888. The Hall–Kier alpha value is -1.33. The first-order valence-electron chi connectivity index (χ1n) is 6.22. The summed E-state index contributed by atoms with van der Waals surface area (Å²) in [6.07, 6.45) is 0. The molecule has 5 heteroatoms. The molecule has 0 fully saturated rings. The van der Waals surface area contributed by atoms with Gasteiger partial charge in [0.05, 0.1) is 18.7 Å². The lowest BCUT2D eigenvalue weighted by atomic mass is 10.2. The number of methoxy groups -OCH3 is 1. The van der Waals surface area contributed by atoms with Crippen LogP contribution in [0.1, 0.15) is 33.1 Å². The molecule has 0 aliphatic rings. The van der Waals surface area contributed by atoms with E-state index >= 15 is 0 Å². The Labute approximate surface area is 131 Å². The fourth-order valence-corrected chi connectivity index (χ4v) is 3.14. The van der Waals surface area contributed by atoms with Crippen molar-refractivity contribution in [1.82, 2.24) is 5.32 Å². The van der Waals surface area contributed by atoms with E-state index in [1.54, 1.807) is 24.5 Å². The van der Waals surface area contributed by atoms with E-state index in [0.717, 1.165) is 9.35 Å². The van der Waals surface area contributed by atoms with Gasteiger partial charge in [0.15, 0.2) is 0 Å². The van der Waals surface area contributed by atoms with Gasteiger partial charge in [0.1, 0.15) is 5.75 Å². The Morgan fingerprint density at radius 1 is 1.35 bits per heavy atom. The van der Waals surface area contributed by atoms with Gasteiger partial charge in [-0.05, 0) is 60.1 Å². The van der Waals surface area contributed by atoms with Crippen LogP contribution in [0.3, 0.4) is 0 Å². The summed E-state index contributed by atoms with van der Waals surface area (Å²) in [6, 6.07) is 9.45. The molecule has 2 aromatic rings. The van der Waals surface area contributed by atoms with Gasteiger partial charge >= 0.3 is 0 Å². The van der Waals surface area contributed by atoms with Crippen molar-refractivity contribution in [3.05, 3.63) is 50.1 Å². The monoisotopic (exact) mass is 353 g/mol. The number of carbonyl (C=O) groups is 1. The number of hydrogen-bond donors (Lipinski definition) is 1. The van der Waals surface area contributed by atoms with E-state index in [-0.39, 0.29) is 11.9 Å². The van der Waals surface area contributed by atoms with Gasteiger partial charge in [-0.2, -0.15) is 0 Å². The molecule has 1 aromatic heterocycles. The summed E-state index contributed by atoms with van der Waals surface area (Å²) < 4.78 is 5.91. The van der Waals surface area contributed by atoms with Crippen molar-refractivity contribution in [2.24, 2.45) is 0 Å². The molecular formula is C15H16BrNO2S. The molecule has 0 bridgehead atoms. The van der Waals surface area contributed by atoms with Crippen LogP contribution in [0.25, 0.3) is 0 Å². The molecule has 0 radical (unpaired) electrons. The highest BCUT2D eigenvalue weighted by molar-refractivity contribution is 9.10. The molecule has 20 heavy (non-hydrogen) atoms. The average Bonchev–Trinajstić information content (AvgIpc) is 2.86. The van der Waals surface area contributed by atoms with E-state index in [2.05, 4.69) is 34.2 Å². The molecule has 1 atom stereocenters. The second kappa shape index (κ2) is 6.41. The molecule has 1 N–H and O–H groups in total. The molecule has 1 aromatic carbocycles. The first kappa shape index (κ1) is 15.1. The van der Waals surface area contributed by atoms with Crippen LogP contribution in [-0.4, -0.2) is 13.0 Å². The van der Waals surface area contributed by atoms with Crippen molar-refractivity contribution in [2.45, 2.75) is 19.9 Å². The normalized spacial score (nSPS) is 12.0. The molecule has 0 aliphatic carbocycles. The van der Waals surface area contributed by atoms with Crippen LogP contribution in [0.2, 0.25) is 0 Å². The fourth-order valence-electron chi connectivity index (χ4n) is 1.84. The van der Waals surface area contributed by atoms with Gasteiger partial charge in [-0.3, -0.25) is 4.79 Å². The predicted octanol–water partition coefficient (Wildman–Crippen LogP) is 4.32. The molecule has 3 nitrogen and oxygen atoms in total. The molecule has 2 rings (SSSR count). The van der Waals surface area contributed by atoms with Crippen LogP contribution in [0.15, 0.2) is 34.8 Å². The third-order valence-corrected chi connectivity index (χ3v) is 4.83. The van der Waals surface area contributed by atoms with Crippen LogP contribution in [0.4, 0.5) is 0 Å². The lowest BCUT2D eigenvalue weighted by molar-refractivity contribution is 0.0939. The molecule has 0 spiro atoms. The Morgan fingerprint density at radius 3 is 2.70 bits per heavy atom. The minimum Gasteiger partial charge on any atom is -0.497 e. The van der Waals surface area contributed by atoms with Gasteiger partial charge in [0, 0.05) is 14.2 Å². The topological polar surface area (TPSA) is 38.3 Å². The first-order valence-corrected chi connectivity index (χ1v) is 7.83. The predicted molar refractivity (Wildman–Crippen MR) is 85.6 cm³/mol. The maximum absolute atomic E-state index is 12.3. The van der Waals surface area contributed by atoms with E-state index in [9.17, 15) is 4.79 Å². The molecule has 1 amide bonds. The minimum absolute atomic E-state index is 0.0145. The van der Waals surface area contributed by atoms with Gasteiger partial charge in [-0.25, -0.2) is 0 Å². The van der Waals surface area contributed by atoms with E-state index in [0.29, 0.717) is 11.3 Å². The van der Waals surface area contributed by atoms with Gasteiger partial charge in [0.25, 0.3) is 5.91 Å². The van der Waals surface area contributed by atoms with Gasteiger partial charge in [-0.15, -0.1) is 11.3 Å². The number of amides is 1. The van der Waals surface area contributed by atoms with Crippen molar-refractivity contribution in [3.8, 4) is 5.75 Å². The van der Waals surface area contributed by atoms with Crippen molar-refractivity contribution >= 4 is 33.2 Å². The largest absolute Gasteiger partial charge is 0.497 e. The number of hydrogen-bond acceptors (Lipinski definition) is 3. The molecule has 1 heterocycles. The highest BCUT2D eigenvalue weighted by atomic mass is 79.9. The Bertz CT molecular complexity index is 624. The van der Waals surface area contributed by atoms with Crippen LogP contribution in [-0.2, 0) is 0 Å². The summed E-state index contributed by atoms with van der Waals surface area (Å²) in [5, 5.41) is 3.00. The van der Waals surface area contributed by atoms with Crippen molar-refractivity contribution in [2.75, 3.05) is 7.11 Å². The maximum Gasteiger partial charge on any atom is 0.253 e. The molecule has 0 aliphatic heterocycles. The van der Waals surface area contributed by atoms with Crippen molar-refractivity contribution in [1.29, 1.82) is 0 Å². The van der Waals surface area contributed by atoms with E-state index < -0.39 is 0 Å². The fraction of sp³-hybridized carbons (Fsp3) is 0.267. The second-order valence-electron chi connectivity index (χ2n) is 4.49. The summed E-state index contributed by atoms with van der Waals surface area (Å²) in [7, 11) is 1.59. The SMILES string of the molecule is COc1ccc(Br)c(C(=O)NC(C)c2ccc(C)s2)c1. The summed E-state index contributed by atoms with van der Waals surface area (Å²) in [5.41, 5.74) is 0.574. The lowest BCUT2D eigenvalue weighted by Gasteiger charge is -2.13. The van der Waals surface area contributed by atoms with Gasteiger partial charge in [0.2, 0.25) is 0 Å². The van der Waals surface area contributed by atoms with E-state index in [1.807, 2.05) is 25.1 Å². The zero-order valence-electron chi connectivity index (χ0n) is 11.6. The van der Waals surface area contributed by atoms with Gasteiger partial charge in [-0.1, -0.05) is 0 Å². The Kier molecular flexibility index (Phi) is 4.83.